The Bertz CT molecular complexity index is 42.5. The van der Waals surface area contributed by atoms with E-state index in [4.69, 9.17) is 0 Å². The molecule has 0 aliphatic rings. The van der Waals surface area contributed by atoms with Gasteiger partial charge in [0, 0.05) is 0 Å². The summed E-state index contributed by atoms with van der Waals surface area (Å²) in [7, 11) is 0. The minimum atomic E-state index is 0. The van der Waals surface area contributed by atoms with Crippen molar-refractivity contribution >= 4 is 36.2 Å². The molecule has 0 rings (SSSR count). The van der Waals surface area contributed by atoms with E-state index in [9.17, 15) is 0 Å². The molecular weight excluding hydrogens is 250 g/mol. The second-order valence-electron chi connectivity index (χ2n) is 2.32. The fourth-order valence-electron chi connectivity index (χ4n) is 0.595. The summed E-state index contributed by atoms with van der Waals surface area (Å²) in [5.74, 6) is 2.74. The van der Waals surface area contributed by atoms with Crippen molar-refractivity contribution in [2.24, 2.45) is 0 Å². The Morgan fingerprint density at radius 1 is 0.900 bits per heavy atom. The van der Waals surface area contributed by atoms with E-state index in [-0.39, 0.29) is 24.4 Å². The maximum atomic E-state index is 2.25. The van der Waals surface area contributed by atoms with Crippen molar-refractivity contribution in [1.29, 1.82) is 0 Å². The van der Waals surface area contributed by atoms with Gasteiger partial charge in [-0.15, -0.1) is 0 Å². The zero-order chi connectivity index (χ0) is 6.95. The van der Waals surface area contributed by atoms with Gasteiger partial charge in [0.1, 0.15) is 0 Å². The summed E-state index contributed by atoms with van der Waals surface area (Å²) >= 11 is 2.10. The molecule has 0 unspecified atom stereocenters. The van der Waals surface area contributed by atoms with Crippen LogP contribution >= 0.6 is 11.8 Å². The molecule has 0 aromatic rings. The zero-order valence-electron chi connectivity index (χ0n) is 7.36. The number of thioether (sulfide) groups is 1. The van der Waals surface area contributed by atoms with Crippen molar-refractivity contribution < 1.29 is 0 Å². The van der Waals surface area contributed by atoms with Gasteiger partial charge in [-0.1, -0.05) is 26.7 Å². The van der Waals surface area contributed by atoms with Crippen molar-refractivity contribution in [3.8, 4) is 0 Å². The van der Waals surface area contributed by atoms with E-state index in [0.29, 0.717) is 0 Å². The van der Waals surface area contributed by atoms with Crippen LogP contribution in [-0.4, -0.2) is 35.9 Å². The van der Waals surface area contributed by atoms with Crippen LogP contribution in [0.5, 0.6) is 0 Å². The first-order valence-electron chi connectivity index (χ1n) is 3.99. The molecule has 10 heavy (non-hydrogen) atoms. The first kappa shape index (κ1) is 13.7. The SMILES string of the molecule is CCCCSCCCC.[SbH3]. The molecule has 0 fully saturated rings. The van der Waals surface area contributed by atoms with E-state index < -0.39 is 0 Å². The monoisotopic (exact) mass is 270 g/mol. The van der Waals surface area contributed by atoms with Crippen LogP contribution in [0.1, 0.15) is 39.5 Å². The number of unbranched alkanes of at least 4 members (excludes halogenated alkanes) is 2. The van der Waals surface area contributed by atoms with Crippen LogP contribution in [-0.2, 0) is 0 Å². The molecule has 0 atom stereocenters. The van der Waals surface area contributed by atoms with E-state index in [1.54, 1.807) is 0 Å². The standard InChI is InChI=1S/C8H18S.Sb.3H/c1-3-5-7-9-8-6-4-2;;;;/h3-8H2,1-2H3;;;;. The van der Waals surface area contributed by atoms with Crippen molar-refractivity contribution in [2.45, 2.75) is 39.5 Å². The summed E-state index contributed by atoms with van der Waals surface area (Å²) in [6, 6.07) is 0. The van der Waals surface area contributed by atoms with Gasteiger partial charge in [-0.2, -0.15) is 11.8 Å². The Morgan fingerprint density at radius 2 is 1.30 bits per heavy atom. The molecule has 0 aromatic carbocycles. The third kappa shape index (κ3) is 11.9. The third-order valence-electron chi connectivity index (χ3n) is 1.28. The molecule has 64 valence electrons. The van der Waals surface area contributed by atoms with Crippen molar-refractivity contribution in [3.63, 3.8) is 0 Å². The van der Waals surface area contributed by atoms with Gasteiger partial charge in [0.2, 0.25) is 0 Å². The van der Waals surface area contributed by atoms with Gasteiger partial charge in [-0.3, -0.25) is 0 Å². The maximum absolute atomic E-state index is 2.25. The Hall–Kier alpha value is 1.17. The average Bonchev–Trinajstić information content (AvgIpc) is 1.89. The molecule has 0 saturated carbocycles. The summed E-state index contributed by atoms with van der Waals surface area (Å²) in [6.45, 7) is 4.50. The summed E-state index contributed by atoms with van der Waals surface area (Å²) in [6.07, 6.45) is 5.49. The van der Waals surface area contributed by atoms with Crippen LogP contribution in [0.25, 0.3) is 0 Å². The first-order valence-corrected chi connectivity index (χ1v) is 5.15. The van der Waals surface area contributed by atoms with Gasteiger partial charge in [-0.25, -0.2) is 0 Å². The topological polar surface area (TPSA) is 0 Å². The van der Waals surface area contributed by atoms with Gasteiger partial charge in [-0.05, 0) is 24.3 Å². The first-order chi connectivity index (χ1) is 4.41. The predicted octanol–water partition coefficient (Wildman–Crippen LogP) is 2.14. The zero-order valence-corrected chi connectivity index (χ0v) is 12.2. The third-order valence-corrected chi connectivity index (χ3v) is 2.44. The van der Waals surface area contributed by atoms with Crippen LogP contribution in [0.4, 0.5) is 0 Å². The van der Waals surface area contributed by atoms with Gasteiger partial charge in [0.05, 0.1) is 0 Å². The summed E-state index contributed by atoms with van der Waals surface area (Å²) in [4.78, 5) is 0. The Labute approximate surface area is 87.0 Å². The Morgan fingerprint density at radius 3 is 1.60 bits per heavy atom. The quantitative estimate of drug-likeness (QED) is 0.527. The summed E-state index contributed by atoms with van der Waals surface area (Å²) in [5.41, 5.74) is 0. The van der Waals surface area contributed by atoms with E-state index in [1.807, 2.05) is 0 Å². The Balaban J connectivity index is 0. The van der Waals surface area contributed by atoms with Gasteiger partial charge in [0.15, 0.2) is 0 Å². The fraction of sp³-hybridized carbons (Fsp3) is 1.00. The molecule has 0 N–H and O–H groups in total. The van der Waals surface area contributed by atoms with Crippen molar-refractivity contribution in [2.75, 3.05) is 11.5 Å². The Kier molecular flexibility index (Phi) is 17.6. The van der Waals surface area contributed by atoms with Gasteiger partial charge in [0.25, 0.3) is 0 Å². The normalized spacial score (nSPS) is 9.00. The van der Waals surface area contributed by atoms with Crippen LogP contribution in [0.2, 0.25) is 0 Å². The van der Waals surface area contributed by atoms with Crippen LogP contribution in [0, 0.1) is 0 Å². The van der Waals surface area contributed by atoms with Gasteiger partial charge >= 0.3 is 24.4 Å². The summed E-state index contributed by atoms with van der Waals surface area (Å²) in [5, 5.41) is 0. The molecule has 0 nitrogen and oxygen atoms in total. The molecule has 0 spiro atoms. The molecule has 0 radical (unpaired) electrons. The molecule has 0 heterocycles. The number of hydrogen-bond acceptors (Lipinski definition) is 1. The molecule has 2 heteroatoms. The molecule has 0 aliphatic heterocycles. The number of rotatable bonds is 6. The molecule has 0 bridgehead atoms. The summed E-state index contributed by atoms with van der Waals surface area (Å²) < 4.78 is 0. The molecule has 0 aromatic heterocycles. The van der Waals surface area contributed by atoms with Crippen LogP contribution < -0.4 is 0 Å². The minimum absolute atomic E-state index is 0. The van der Waals surface area contributed by atoms with E-state index in [2.05, 4.69) is 25.6 Å². The molecule has 0 saturated heterocycles. The fourth-order valence-corrected chi connectivity index (χ4v) is 1.78. The van der Waals surface area contributed by atoms with Crippen molar-refractivity contribution in [1.82, 2.24) is 0 Å². The predicted molar refractivity (Wildman–Crippen MR) is 57.1 cm³/mol. The molecule has 0 amide bonds. The van der Waals surface area contributed by atoms with E-state index in [1.165, 1.54) is 37.2 Å². The average molecular weight is 271 g/mol. The van der Waals surface area contributed by atoms with Gasteiger partial charge < -0.3 is 0 Å². The van der Waals surface area contributed by atoms with E-state index in [0.717, 1.165) is 0 Å². The van der Waals surface area contributed by atoms with Crippen molar-refractivity contribution in [3.05, 3.63) is 0 Å². The second-order valence-corrected chi connectivity index (χ2v) is 3.54. The number of hydrogen-bond donors (Lipinski definition) is 0. The van der Waals surface area contributed by atoms with Crippen LogP contribution in [0.15, 0.2) is 0 Å². The van der Waals surface area contributed by atoms with E-state index >= 15 is 0 Å². The van der Waals surface area contributed by atoms with Crippen LogP contribution in [0.3, 0.4) is 0 Å². The molecular formula is C8H21SSb. The molecule has 0 aliphatic carbocycles. The second kappa shape index (κ2) is 12.8.